The zero-order valence-corrected chi connectivity index (χ0v) is 12.9. The topological polar surface area (TPSA) is 84.5 Å². The molecule has 20 heavy (non-hydrogen) atoms. The van der Waals surface area contributed by atoms with Crippen LogP contribution in [0.3, 0.4) is 0 Å². The van der Waals surface area contributed by atoms with Crippen molar-refractivity contribution < 1.29 is 17.9 Å². The van der Waals surface area contributed by atoms with Gasteiger partial charge in [0.25, 0.3) is 5.91 Å². The van der Waals surface area contributed by atoms with Crippen LogP contribution in [0.5, 0.6) is 0 Å². The molecular formula is C13H20N2O4S. The maximum atomic E-state index is 12.2. The summed E-state index contributed by atoms with van der Waals surface area (Å²) in [5.74, 6) is -0.315. The van der Waals surface area contributed by atoms with Crippen molar-refractivity contribution in [2.45, 2.75) is 24.8 Å². The molecule has 0 unspecified atom stereocenters. The summed E-state index contributed by atoms with van der Waals surface area (Å²) in [6.07, 6.45) is 0. The average molecular weight is 300 g/mol. The molecule has 1 amide bonds. The molecule has 1 aromatic carbocycles. The first kappa shape index (κ1) is 16.6. The van der Waals surface area contributed by atoms with Crippen molar-refractivity contribution in [2.24, 2.45) is 0 Å². The van der Waals surface area contributed by atoms with Crippen molar-refractivity contribution in [2.75, 3.05) is 20.8 Å². The van der Waals surface area contributed by atoms with E-state index in [4.69, 9.17) is 4.74 Å². The first-order chi connectivity index (χ1) is 9.31. The van der Waals surface area contributed by atoms with Crippen LogP contribution in [0.4, 0.5) is 0 Å². The van der Waals surface area contributed by atoms with Gasteiger partial charge in [-0.15, -0.1) is 0 Å². The fourth-order valence-electron chi connectivity index (χ4n) is 1.76. The molecule has 0 fully saturated rings. The van der Waals surface area contributed by atoms with E-state index in [0.29, 0.717) is 11.1 Å². The van der Waals surface area contributed by atoms with Gasteiger partial charge < -0.3 is 10.1 Å². The van der Waals surface area contributed by atoms with Crippen LogP contribution in [0.25, 0.3) is 0 Å². The summed E-state index contributed by atoms with van der Waals surface area (Å²) >= 11 is 0. The summed E-state index contributed by atoms with van der Waals surface area (Å²) in [4.78, 5) is 11.8. The molecule has 1 atom stereocenters. The Morgan fingerprint density at radius 3 is 2.60 bits per heavy atom. The predicted molar refractivity (Wildman–Crippen MR) is 76.2 cm³/mol. The van der Waals surface area contributed by atoms with Crippen LogP contribution in [0.15, 0.2) is 23.1 Å². The van der Waals surface area contributed by atoms with Crippen LogP contribution in [-0.2, 0) is 14.8 Å². The maximum Gasteiger partial charge on any atom is 0.251 e. The third-order valence-corrected chi connectivity index (χ3v) is 4.35. The smallest absolute Gasteiger partial charge is 0.251 e. The first-order valence-electron chi connectivity index (χ1n) is 6.15. The number of sulfonamides is 1. The standard InChI is InChI=1S/C13H20N2O4S/c1-9-5-6-11(7-12(9)13(16)14-3)20(17,18)15-10(2)8-19-4/h5-7,10,15H,8H2,1-4H3,(H,14,16)/t10-/m1/s1. The Morgan fingerprint density at radius 2 is 2.05 bits per heavy atom. The Kier molecular flexibility index (Phi) is 5.67. The van der Waals surface area contributed by atoms with E-state index < -0.39 is 10.0 Å². The molecule has 0 saturated carbocycles. The van der Waals surface area contributed by atoms with E-state index in [1.165, 1.54) is 26.3 Å². The van der Waals surface area contributed by atoms with E-state index in [2.05, 4.69) is 10.0 Å². The fraction of sp³-hybridized carbons (Fsp3) is 0.462. The number of amides is 1. The van der Waals surface area contributed by atoms with E-state index in [9.17, 15) is 13.2 Å². The van der Waals surface area contributed by atoms with E-state index in [1.807, 2.05) is 0 Å². The lowest BCUT2D eigenvalue weighted by Gasteiger charge is -2.14. The van der Waals surface area contributed by atoms with Crippen LogP contribution in [-0.4, -0.2) is 41.1 Å². The van der Waals surface area contributed by atoms with E-state index in [1.54, 1.807) is 19.9 Å². The van der Waals surface area contributed by atoms with Crippen LogP contribution in [0, 0.1) is 6.92 Å². The minimum atomic E-state index is -3.67. The van der Waals surface area contributed by atoms with Crippen LogP contribution < -0.4 is 10.0 Å². The SMILES string of the molecule is CNC(=O)c1cc(S(=O)(=O)N[C@H](C)COC)ccc1C. The third kappa shape index (κ3) is 4.03. The van der Waals surface area contributed by atoms with Gasteiger partial charge in [0.1, 0.15) is 0 Å². The van der Waals surface area contributed by atoms with E-state index >= 15 is 0 Å². The van der Waals surface area contributed by atoms with Gasteiger partial charge in [0.15, 0.2) is 0 Å². The number of methoxy groups -OCH3 is 1. The number of nitrogens with one attached hydrogen (secondary N) is 2. The molecule has 0 saturated heterocycles. The molecule has 6 nitrogen and oxygen atoms in total. The van der Waals surface area contributed by atoms with Crippen molar-refractivity contribution >= 4 is 15.9 Å². The van der Waals surface area contributed by atoms with Crippen molar-refractivity contribution in [3.8, 4) is 0 Å². The average Bonchev–Trinajstić information content (AvgIpc) is 2.37. The van der Waals surface area contributed by atoms with Gasteiger partial charge >= 0.3 is 0 Å². The summed E-state index contributed by atoms with van der Waals surface area (Å²) in [5, 5.41) is 2.49. The third-order valence-electron chi connectivity index (χ3n) is 2.76. The molecule has 0 spiro atoms. The lowest BCUT2D eigenvalue weighted by Crippen LogP contribution is -2.35. The Bertz CT molecular complexity index is 584. The van der Waals surface area contributed by atoms with E-state index in [0.717, 1.165) is 0 Å². The van der Waals surface area contributed by atoms with Gasteiger partial charge in [0.2, 0.25) is 10.0 Å². The highest BCUT2D eigenvalue weighted by Crippen LogP contribution is 2.16. The second-order valence-electron chi connectivity index (χ2n) is 4.53. The van der Waals surface area contributed by atoms with Crippen molar-refractivity contribution in [3.63, 3.8) is 0 Å². The molecule has 2 N–H and O–H groups in total. The molecule has 7 heteroatoms. The number of aryl methyl sites for hydroxylation is 1. The van der Waals surface area contributed by atoms with Gasteiger partial charge in [-0.25, -0.2) is 13.1 Å². The molecule has 0 aliphatic rings. The number of benzene rings is 1. The molecule has 0 heterocycles. The van der Waals surface area contributed by atoms with Crippen molar-refractivity contribution in [1.29, 1.82) is 0 Å². The lowest BCUT2D eigenvalue weighted by atomic mass is 10.1. The number of hydrogen-bond acceptors (Lipinski definition) is 4. The Hall–Kier alpha value is -1.44. The van der Waals surface area contributed by atoms with Gasteiger partial charge in [-0.1, -0.05) is 6.07 Å². The second-order valence-corrected chi connectivity index (χ2v) is 6.25. The summed E-state index contributed by atoms with van der Waals surface area (Å²) in [7, 11) is -0.671. The molecule has 1 rings (SSSR count). The highest BCUT2D eigenvalue weighted by molar-refractivity contribution is 7.89. The molecule has 0 aromatic heterocycles. The first-order valence-corrected chi connectivity index (χ1v) is 7.64. The Morgan fingerprint density at radius 1 is 1.40 bits per heavy atom. The zero-order valence-electron chi connectivity index (χ0n) is 12.1. The van der Waals surface area contributed by atoms with E-state index in [-0.39, 0.29) is 23.5 Å². The molecular weight excluding hydrogens is 280 g/mol. The van der Waals surface area contributed by atoms with Gasteiger partial charge in [-0.3, -0.25) is 4.79 Å². The fourth-order valence-corrected chi connectivity index (χ4v) is 3.02. The number of hydrogen-bond donors (Lipinski definition) is 2. The number of carbonyl (C=O) groups is 1. The Balaban J connectivity index is 3.10. The second kappa shape index (κ2) is 6.83. The Labute approximate surface area is 119 Å². The number of ether oxygens (including phenoxy) is 1. The minimum Gasteiger partial charge on any atom is -0.383 e. The molecule has 0 bridgehead atoms. The van der Waals surface area contributed by atoms with Crippen molar-refractivity contribution in [3.05, 3.63) is 29.3 Å². The van der Waals surface area contributed by atoms with Gasteiger partial charge in [0.05, 0.1) is 11.5 Å². The molecule has 1 aromatic rings. The highest BCUT2D eigenvalue weighted by Gasteiger charge is 2.19. The number of rotatable bonds is 6. The van der Waals surface area contributed by atoms with Gasteiger partial charge in [-0.2, -0.15) is 0 Å². The quantitative estimate of drug-likeness (QED) is 0.808. The minimum absolute atomic E-state index is 0.0599. The zero-order chi connectivity index (χ0) is 15.3. The predicted octanol–water partition coefficient (Wildman–Crippen LogP) is 0.668. The maximum absolute atomic E-state index is 12.2. The van der Waals surface area contributed by atoms with Gasteiger partial charge in [-0.05, 0) is 31.5 Å². The van der Waals surface area contributed by atoms with Crippen molar-refractivity contribution in [1.82, 2.24) is 10.0 Å². The molecule has 0 radical (unpaired) electrons. The summed E-state index contributed by atoms with van der Waals surface area (Å²) in [6.45, 7) is 3.73. The summed E-state index contributed by atoms with van der Waals surface area (Å²) in [6, 6.07) is 4.11. The summed E-state index contributed by atoms with van der Waals surface area (Å²) in [5.41, 5.74) is 1.06. The van der Waals surface area contributed by atoms with Crippen LogP contribution in [0.2, 0.25) is 0 Å². The van der Waals surface area contributed by atoms with Crippen LogP contribution >= 0.6 is 0 Å². The summed E-state index contributed by atoms with van der Waals surface area (Å²) < 4.78 is 31.8. The highest BCUT2D eigenvalue weighted by atomic mass is 32.2. The van der Waals surface area contributed by atoms with Gasteiger partial charge in [0, 0.05) is 25.8 Å². The molecule has 112 valence electrons. The largest absolute Gasteiger partial charge is 0.383 e. The lowest BCUT2D eigenvalue weighted by molar-refractivity contribution is 0.0962. The number of carbonyl (C=O) groups excluding carboxylic acids is 1. The molecule has 0 aliphatic carbocycles. The normalized spacial score (nSPS) is 13.0. The molecule has 0 aliphatic heterocycles. The monoisotopic (exact) mass is 300 g/mol. The van der Waals surface area contributed by atoms with Crippen LogP contribution in [0.1, 0.15) is 22.8 Å².